The fourth-order valence-corrected chi connectivity index (χ4v) is 5.78. The lowest BCUT2D eigenvalue weighted by Crippen LogP contribution is -2.32. The largest absolute Gasteiger partial charge is 0.444 e. The third-order valence-corrected chi connectivity index (χ3v) is 7.60. The van der Waals surface area contributed by atoms with Gasteiger partial charge >= 0.3 is 12.2 Å². The van der Waals surface area contributed by atoms with Crippen molar-refractivity contribution in [3.8, 4) is 33.6 Å². The minimum Gasteiger partial charge on any atom is -0.444 e. The Balaban J connectivity index is 1.16. The number of aromatic nitrogens is 4. The van der Waals surface area contributed by atoms with E-state index in [4.69, 9.17) is 19.4 Å². The molecule has 0 aliphatic heterocycles. The van der Waals surface area contributed by atoms with Crippen LogP contribution in [0.1, 0.15) is 75.7 Å². The highest BCUT2D eigenvalue weighted by Gasteiger charge is 2.24. The van der Waals surface area contributed by atoms with Gasteiger partial charge in [0.2, 0.25) is 0 Å². The first-order valence-corrected chi connectivity index (χ1v) is 15.2. The highest BCUT2D eigenvalue weighted by atomic mass is 16.6. The van der Waals surface area contributed by atoms with Crippen LogP contribution in [0.4, 0.5) is 9.59 Å². The molecule has 2 aliphatic rings. The van der Waals surface area contributed by atoms with Crippen molar-refractivity contribution in [3.05, 3.63) is 70.6 Å². The van der Waals surface area contributed by atoms with Crippen molar-refractivity contribution in [2.45, 2.75) is 91.5 Å². The molecule has 2 aliphatic carbocycles. The molecule has 2 amide bonds. The van der Waals surface area contributed by atoms with Gasteiger partial charge < -0.3 is 30.1 Å². The molecule has 6 rings (SSSR count). The van der Waals surface area contributed by atoms with Crippen molar-refractivity contribution < 1.29 is 19.1 Å². The van der Waals surface area contributed by atoms with Crippen LogP contribution in [0.3, 0.4) is 0 Å². The lowest BCUT2D eigenvalue weighted by Gasteiger charge is -2.19. The number of rotatable bonds is 5. The smallest absolute Gasteiger partial charge is 0.408 e. The van der Waals surface area contributed by atoms with E-state index in [9.17, 15) is 9.59 Å². The quantitative estimate of drug-likeness (QED) is 0.211. The van der Waals surface area contributed by atoms with Crippen LogP contribution in [-0.2, 0) is 48.2 Å². The van der Waals surface area contributed by atoms with E-state index in [0.29, 0.717) is 11.6 Å². The van der Waals surface area contributed by atoms with Crippen LogP contribution >= 0.6 is 0 Å². The van der Waals surface area contributed by atoms with Gasteiger partial charge in [-0.1, -0.05) is 36.4 Å². The van der Waals surface area contributed by atoms with Gasteiger partial charge in [0.05, 0.1) is 24.5 Å². The molecule has 230 valence electrons. The predicted octanol–water partition coefficient (Wildman–Crippen LogP) is 6.38. The number of benzene rings is 2. The fourth-order valence-electron chi connectivity index (χ4n) is 5.78. The Morgan fingerprint density at radius 1 is 0.682 bits per heavy atom. The van der Waals surface area contributed by atoms with Crippen molar-refractivity contribution >= 4 is 12.2 Å². The number of hydrogen-bond acceptors (Lipinski definition) is 6. The number of nitrogens with one attached hydrogen (secondary N) is 4. The number of nitrogens with zero attached hydrogens (tertiary/aromatic N) is 2. The average molecular weight is 597 g/mol. The van der Waals surface area contributed by atoms with Gasteiger partial charge in [0.1, 0.15) is 22.9 Å². The Bertz CT molecular complexity index is 1610. The molecule has 2 aromatic carbocycles. The van der Waals surface area contributed by atoms with E-state index in [2.05, 4.69) is 57.0 Å². The van der Waals surface area contributed by atoms with E-state index in [1.807, 2.05) is 41.5 Å². The number of hydrogen-bond donors (Lipinski definition) is 4. The number of H-pyrrole nitrogens is 2. The van der Waals surface area contributed by atoms with Crippen molar-refractivity contribution in [1.29, 1.82) is 0 Å². The summed E-state index contributed by atoms with van der Waals surface area (Å²) in [4.78, 5) is 40.6. The Hall–Kier alpha value is -4.60. The number of ether oxygens (including phenoxy) is 2. The van der Waals surface area contributed by atoms with Crippen molar-refractivity contribution in [2.24, 2.45) is 0 Å². The van der Waals surface area contributed by atoms with Gasteiger partial charge in [0.25, 0.3) is 0 Å². The molecule has 44 heavy (non-hydrogen) atoms. The fraction of sp³-hybridized carbons (Fsp3) is 0.412. The number of alkyl carbamates (subject to hydrolysis) is 2. The van der Waals surface area contributed by atoms with Crippen LogP contribution in [-0.4, -0.2) is 43.3 Å². The zero-order chi connectivity index (χ0) is 31.2. The molecule has 0 saturated carbocycles. The number of amides is 2. The number of carbonyl (C=O) groups excluding carboxylic acids is 2. The minimum absolute atomic E-state index is 0.282. The summed E-state index contributed by atoms with van der Waals surface area (Å²) in [6.07, 6.45) is 2.64. The SMILES string of the molecule is CC(C)(C)OC(=O)NCc1nc2c([nH]1)CCc1cc(-c3ccc4c(c3)CCc3[nH]c(CNC(=O)OC(C)(C)C)nc3-4)ccc1-2. The van der Waals surface area contributed by atoms with Crippen molar-refractivity contribution in [1.82, 2.24) is 30.6 Å². The maximum absolute atomic E-state index is 12.1. The summed E-state index contributed by atoms with van der Waals surface area (Å²) in [5.74, 6) is 1.43. The first-order valence-electron chi connectivity index (χ1n) is 15.2. The highest BCUT2D eigenvalue weighted by molar-refractivity contribution is 5.78. The molecule has 4 N–H and O–H groups in total. The molecule has 0 atom stereocenters. The number of imidazole rings is 2. The number of carbonyl (C=O) groups is 2. The average Bonchev–Trinajstić information content (AvgIpc) is 3.57. The molecule has 0 radical (unpaired) electrons. The van der Waals surface area contributed by atoms with Crippen LogP contribution in [0.25, 0.3) is 33.6 Å². The first-order chi connectivity index (χ1) is 20.8. The van der Waals surface area contributed by atoms with Gasteiger partial charge in [-0.2, -0.15) is 0 Å². The van der Waals surface area contributed by atoms with E-state index < -0.39 is 23.4 Å². The Labute approximate surface area is 257 Å². The second-order valence-corrected chi connectivity index (χ2v) is 13.5. The lowest BCUT2D eigenvalue weighted by molar-refractivity contribution is 0.0511. The summed E-state index contributed by atoms with van der Waals surface area (Å²) in [5, 5.41) is 5.57. The Morgan fingerprint density at radius 3 is 1.48 bits per heavy atom. The normalized spacial score (nSPS) is 13.7. The Kier molecular flexibility index (Phi) is 7.47. The minimum atomic E-state index is -0.547. The topological polar surface area (TPSA) is 134 Å². The molecule has 0 bridgehead atoms. The molecule has 0 fully saturated rings. The van der Waals surface area contributed by atoms with Crippen LogP contribution in [0.15, 0.2) is 36.4 Å². The van der Waals surface area contributed by atoms with Crippen LogP contribution in [0, 0.1) is 0 Å². The summed E-state index contributed by atoms with van der Waals surface area (Å²) < 4.78 is 10.7. The standard InChI is InChI=1S/C34H40N6O4/c1-33(2,3)43-31(41)35-17-27-37-25-13-9-21-15-19(7-11-23(21)29(25)39-27)20-8-12-24-22(16-20)10-14-26-30(24)40-28(38-26)18-36-32(42)44-34(4,5)6/h7-8,11-12,15-16H,9-10,13-14,17-18H2,1-6H3,(H,35,41)(H,36,42)(H,37,39)(H,38,40). The number of aryl methyl sites for hydroxylation is 4. The monoisotopic (exact) mass is 596 g/mol. The third kappa shape index (κ3) is 6.49. The highest BCUT2D eigenvalue weighted by Crippen LogP contribution is 2.38. The molecule has 0 spiro atoms. The summed E-state index contributed by atoms with van der Waals surface area (Å²) in [6.45, 7) is 11.6. The third-order valence-electron chi connectivity index (χ3n) is 7.60. The maximum Gasteiger partial charge on any atom is 0.408 e. The molecule has 4 aromatic rings. The second-order valence-electron chi connectivity index (χ2n) is 13.5. The molecular weight excluding hydrogens is 556 g/mol. The number of fused-ring (bicyclic) bond motifs is 6. The van der Waals surface area contributed by atoms with Gasteiger partial charge in [-0.15, -0.1) is 0 Å². The molecule has 10 nitrogen and oxygen atoms in total. The molecule has 10 heteroatoms. The summed E-state index contributed by atoms with van der Waals surface area (Å²) in [7, 11) is 0. The second kappa shape index (κ2) is 11.2. The van der Waals surface area contributed by atoms with Crippen molar-refractivity contribution in [3.63, 3.8) is 0 Å². The zero-order valence-electron chi connectivity index (χ0n) is 26.2. The van der Waals surface area contributed by atoms with Gasteiger partial charge in [-0.05, 0) is 89.5 Å². The Morgan fingerprint density at radius 2 is 1.09 bits per heavy atom. The van der Waals surface area contributed by atoms with Crippen LogP contribution in [0.5, 0.6) is 0 Å². The van der Waals surface area contributed by atoms with Gasteiger partial charge in [0.15, 0.2) is 0 Å². The van der Waals surface area contributed by atoms with Gasteiger partial charge in [-0.25, -0.2) is 19.6 Å². The first kappa shape index (κ1) is 29.5. The summed E-state index contributed by atoms with van der Waals surface area (Å²) >= 11 is 0. The van der Waals surface area contributed by atoms with Crippen LogP contribution in [0.2, 0.25) is 0 Å². The predicted molar refractivity (Wildman–Crippen MR) is 168 cm³/mol. The molecule has 2 aromatic heterocycles. The number of aromatic amines is 2. The summed E-state index contributed by atoms with van der Waals surface area (Å²) in [5.41, 5.74) is 10.1. The molecular formula is C34H40N6O4. The summed E-state index contributed by atoms with van der Waals surface area (Å²) in [6, 6.07) is 13.2. The van der Waals surface area contributed by atoms with E-state index in [1.165, 1.54) is 22.3 Å². The maximum atomic E-state index is 12.1. The zero-order valence-corrected chi connectivity index (χ0v) is 26.2. The van der Waals surface area contributed by atoms with E-state index in [1.54, 1.807) is 0 Å². The molecule has 2 heterocycles. The van der Waals surface area contributed by atoms with E-state index >= 15 is 0 Å². The molecule has 0 saturated heterocycles. The lowest BCUT2D eigenvalue weighted by atomic mass is 9.87. The van der Waals surface area contributed by atoms with E-state index in [-0.39, 0.29) is 13.1 Å². The van der Waals surface area contributed by atoms with Crippen LogP contribution < -0.4 is 10.6 Å². The molecule has 0 unspecified atom stereocenters. The van der Waals surface area contributed by atoms with Gasteiger partial charge in [0, 0.05) is 22.5 Å². The van der Waals surface area contributed by atoms with Crippen molar-refractivity contribution in [2.75, 3.05) is 0 Å². The van der Waals surface area contributed by atoms with Gasteiger partial charge in [-0.3, -0.25) is 0 Å². The van der Waals surface area contributed by atoms with E-state index in [0.717, 1.165) is 59.6 Å².